The number of carbonyl (C=O) groups is 1. The van der Waals surface area contributed by atoms with E-state index in [-0.39, 0.29) is 28.6 Å². The van der Waals surface area contributed by atoms with Gasteiger partial charge < -0.3 is 4.90 Å². The van der Waals surface area contributed by atoms with Crippen molar-refractivity contribution in [2.45, 2.75) is 49.5 Å². The molecule has 1 amide bonds. The van der Waals surface area contributed by atoms with Crippen LogP contribution in [0, 0.1) is 0 Å². The van der Waals surface area contributed by atoms with E-state index in [0.29, 0.717) is 5.56 Å². The lowest BCUT2D eigenvalue weighted by Gasteiger charge is -2.31. The minimum absolute atomic E-state index is 0.0164. The van der Waals surface area contributed by atoms with Gasteiger partial charge in [0.05, 0.1) is 11.4 Å². The summed E-state index contributed by atoms with van der Waals surface area (Å²) in [6, 6.07) is 9.79. The van der Waals surface area contributed by atoms with Crippen LogP contribution in [0.5, 0.6) is 0 Å². The fourth-order valence-corrected chi connectivity index (χ4v) is 4.07. The molecule has 0 spiro atoms. The molecule has 150 valence electrons. The highest BCUT2D eigenvalue weighted by atomic mass is 32.2. The fraction of sp³-hybridized carbons (Fsp3) is 0.450. The maximum Gasteiger partial charge on any atom is 0.433 e. The van der Waals surface area contributed by atoms with Crippen molar-refractivity contribution in [3.8, 4) is 11.3 Å². The summed E-state index contributed by atoms with van der Waals surface area (Å²) in [5.74, 6) is -0.0955. The lowest BCUT2D eigenvalue weighted by Crippen LogP contribution is -2.39. The summed E-state index contributed by atoms with van der Waals surface area (Å²) in [6.07, 6.45) is 0.772. The van der Waals surface area contributed by atoms with Crippen LogP contribution in [0.1, 0.15) is 37.8 Å². The lowest BCUT2D eigenvalue weighted by atomic mass is 9.94. The first-order valence-corrected chi connectivity index (χ1v) is 10.2. The summed E-state index contributed by atoms with van der Waals surface area (Å²) in [6.45, 7) is 0. The van der Waals surface area contributed by atoms with E-state index in [1.807, 2.05) is 0 Å². The number of thioether (sulfide) groups is 1. The Hall–Kier alpha value is -2.09. The number of carbonyl (C=O) groups excluding carboxylic acids is 1. The smallest absolute Gasteiger partial charge is 0.342 e. The van der Waals surface area contributed by atoms with E-state index in [0.717, 1.165) is 43.5 Å². The molecule has 3 rings (SSSR count). The molecule has 0 bridgehead atoms. The van der Waals surface area contributed by atoms with Crippen LogP contribution < -0.4 is 0 Å². The van der Waals surface area contributed by atoms with Crippen molar-refractivity contribution in [1.82, 2.24) is 14.9 Å². The molecular formula is C20H22F3N3OS. The van der Waals surface area contributed by atoms with E-state index in [4.69, 9.17) is 0 Å². The Labute approximate surface area is 166 Å². The molecule has 4 nitrogen and oxygen atoms in total. The van der Waals surface area contributed by atoms with Crippen LogP contribution in [0.2, 0.25) is 0 Å². The van der Waals surface area contributed by atoms with Gasteiger partial charge in [0.1, 0.15) is 5.69 Å². The van der Waals surface area contributed by atoms with Crippen molar-refractivity contribution < 1.29 is 18.0 Å². The van der Waals surface area contributed by atoms with E-state index >= 15 is 0 Å². The van der Waals surface area contributed by atoms with Crippen LogP contribution >= 0.6 is 11.8 Å². The van der Waals surface area contributed by atoms with Crippen LogP contribution in [-0.4, -0.2) is 39.6 Å². The Balaban J connectivity index is 1.76. The second-order valence-corrected chi connectivity index (χ2v) is 7.81. The number of hydrogen-bond acceptors (Lipinski definition) is 4. The molecule has 2 aromatic rings. The third kappa shape index (κ3) is 5.25. The van der Waals surface area contributed by atoms with Crippen molar-refractivity contribution in [3.63, 3.8) is 0 Å². The van der Waals surface area contributed by atoms with Gasteiger partial charge in [0, 0.05) is 18.7 Å². The molecule has 1 aliphatic rings. The van der Waals surface area contributed by atoms with Gasteiger partial charge >= 0.3 is 6.18 Å². The Morgan fingerprint density at radius 3 is 2.46 bits per heavy atom. The Kier molecular flexibility index (Phi) is 6.59. The monoisotopic (exact) mass is 409 g/mol. The largest absolute Gasteiger partial charge is 0.433 e. The average Bonchev–Trinajstić information content (AvgIpc) is 2.72. The molecule has 1 fully saturated rings. The van der Waals surface area contributed by atoms with Crippen molar-refractivity contribution in [3.05, 3.63) is 42.1 Å². The van der Waals surface area contributed by atoms with Crippen molar-refractivity contribution in [1.29, 1.82) is 0 Å². The maximum atomic E-state index is 13.3. The van der Waals surface area contributed by atoms with Crippen LogP contribution in [0.3, 0.4) is 0 Å². The highest BCUT2D eigenvalue weighted by molar-refractivity contribution is 7.99. The number of amides is 1. The Morgan fingerprint density at radius 2 is 1.82 bits per heavy atom. The minimum atomic E-state index is -4.58. The van der Waals surface area contributed by atoms with E-state index in [2.05, 4.69) is 9.97 Å². The van der Waals surface area contributed by atoms with Gasteiger partial charge in [-0.15, -0.1) is 0 Å². The molecule has 28 heavy (non-hydrogen) atoms. The quantitative estimate of drug-likeness (QED) is 0.512. The van der Waals surface area contributed by atoms with Gasteiger partial charge in [0.15, 0.2) is 5.16 Å². The minimum Gasteiger partial charge on any atom is -0.342 e. The number of alkyl halides is 3. The number of halogens is 3. The van der Waals surface area contributed by atoms with Crippen LogP contribution in [0.15, 0.2) is 41.6 Å². The SMILES string of the molecule is CN(C(=O)CSc1nc(-c2ccccc2)cc(C(F)(F)F)n1)C1CCCCC1. The number of benzene rings is 1. The second-order valence-electron chi connectivity index (χ2n) is 6.87. The molecular weight excluding hydrogens is 387 g/mol. The molecule has 1 saturated carbocycles. The summed E-state index contributed by atoms with van der Waals surface area (Å²) in [5, 5.41) is -0.0425. The number of aromatic nitrogens is 2. The number of nitrogens with zero attached hydrogens (tertiary/aromatic N) is 3. The zero-order chi connectivity index (χ0) is 20.1. The van der Waals surface area contributed by atoms with Gasteiger partial charge in [0.25, 0.3) is 0 Å². The molecule has 0 atom stereocenters. The molecule has 1 aromatic heterocycles. The van der Waals surface area contributed by atoms with E-state index in [9.17, 15) is 18.0 Å². The van der Waals surface area contributed by atoms with Crippen LogP contribution in [0.25, 0.3) is 11.3 Å². The molecule has 1 aromatic carbocycles. The molecule has 1 aliphatic carbocycles. The fourth-order valence-electron chi connectivity index (χ4n) is 3.29. The van der Waals surface area contributed by atoms with E-state index in [1.165, 1.54) is 6.42 Å². The maximum absolute atomic E-state index is 13.3. The first kappa shape index (κ1) is 20.6. The zero-order valence-electron chi connectivity index (χ0n) is 15.6. The topological polar surface area (TPSA) is 46.1 Å². The lowest BCUT2D eigenvalue weighted by molar-refractivity contribution is -0.141. The second kappa shape index (κ2) is 8.94. The van der Waals surface area contributed by atoms with Gasteiger partial charge in [0.2, 0.25) is 5.91 Å². The van der Waals surface area contributed by atoms with Gasteiger partial charge in [-0.1, -0.05) is 61.4 Å². The highest BCUT2D eigenvalue weighted by Gasteiger charge is 2.34. The van der Waals surface area contributed by atoms with Gasteiger partial charge in [-0.05, 0) is 18.9 Å². The number of rotatable bonds is 5. The Bertz CT molecular complexity index is 808. The summed E-state index contributed by atoms with van der Waals surface area (Å²) in [5.41, 5.74) is -0.238. The predicted molar refractivity (Wildman–Crippen MR) is 103 cm³/mol. The number of hydrogen-bond donors (Lipinski definition) is 0. The average molecular weight is 409 g/mol. The summed E-state index contributed by atoms with van der Waals surface area (Å²) >= 11 is 0.947. The third-order valence-corrected chi connectivity index (χ3v) is 5.74. The van der Waals surface area contributed by atoms with Crippen molar-refractivity contribution in [2.24, 2.45) is 0 Å². The summed E-state index contributed by atoms with van der Waals surface area (Å²) < 4.78 is 39.8. The first-order valence-electron chi connectivity index (χ1n) is 9.25. The summed E-state index contributed by atoms with van der Waals surface area (Å²) in [7, 11) is 1.77. The summed E-state index contributed by atoms with van der Waals surface area (Å²) in [4.78, 5) is 22.1. The van der Waals surface area contributed by atoms with E-state index in [1.54, 1.807) is 42.3 Å². The third-order valence-electron chi connectivity index (χ3n) is 4.91. The molecule has 8 heteroatoms. The van der Waals surface area contributed by atoms with Gasteiger partial charge in [-0.25, -0.2) is 9.97 Å². The van der Waals surface area contributed by atoms with Crippen molar-refractivity contribution >= 4 is 17.7 Å². The zero-order valence-corrected chi connectivity index (χ0v) is 16.4. The normalized spacial score (nSPS) is 15.4. The highest BCUT2D eigenvalue weighted by Crippen LogP contribution is 2.32. The van der Waals surface area contributed by atoms with Crippen LogP contribution in [-0.2, 0) is 11.0 Å². The van der Waals surface area contributed by atoms with Crippen molar-refractivity contribution in [2.75, 3.05) is 12.8 Å². The molecule has 0 N–H and O–H groups in total. The molecule has 0 aliphatic heterocycles. The molecule has 1 heterocycles. The first-order chi connectivity index (χ1) is 13.3. The molecule has 0 radical (unpaired) electrons. The molecule has 0 saturated heterocycles. The van der Waals surface area contributed by atoms with Gasteiger partial charge in [-0.3, -0.25) is 4.79 Å². The van der Waals surface area contributed by atoms with Crippen LogP contribution in [0.4, 0.5) is 13.2 Å². The van der Waals surface area contributed by atoms with Gasteiger partial charge in [-0.2, -0.15) is 13.2 Å². The molecule has 0 unspecified atom stereocenters. The Morgan fingerprint density at radius 1 is 1.14 bits per heavy atom. The van der Waals surface area contributed by atoms with E-state index < -0.39 is 11.9 Å². The predicted octanol–water partition coefficient (Wildman–Crippen LogP) is 5.05. The standard InChI is InChI=1S/C20H22F3N3OS/c1-26(15-10-6-3-7-11-15)18(27)13-28-19-24-16(14-8-4-2-5-9-14)12-17(25-19)20(21,22)23/h2,4-5,8-9,12,15H,3,6-7,10-11,13H2,1H3.